The smallest absolute Gasteiger partial charge is 0.292 e. The van der Waals surface area contributed by atoms with E-state index in [2.05, 4.69) is 20.5 Å². The predicted octanol–water partition coefficient (Wildman–Crippen LogP) is 3.62. The lowest BCUT2D eigenvalue weighted by molar-refractivity contribution is -0.386. The maximum Gasteiger partial charge on any atom is 0.319 e. The number of hydrogen-bond acceptors (Lipinski definition) is 6. The van der Waals surface area contributed by atoms with E-state index in [1.165, 1.54) is 17.9 Å². The molecular formula is C16H13Cl2F2N7O3. The number of anilines is 1. The minimum absolute atomic E-state index is 0.0587. The number of amides is 1. The summed E-state index contributed by atoms with van der Waals surface area (Å²) >= 11 is 12.2. The van der Waals surface area contributed by atoms with Gasteiger partial charge in [0.1, 0.15) is 18.6 Å². The van der Waals surface area contributed by atoms with Gasteiger partial charge in [0.15, 0.2) is 0 Å². The molecule has 0 unspecified atom stereocenters. The van der Waals surface area contributed by atoms with Crippen LogP contribution in [0.4, 0.5) is 20.4 Å². The molecule has 1 aromatic carbocycles. The van der Waals surface area contributed by atoms with Crippen LogP contribution in [0.3, 0.4) is 0 Å². The van der Waals surface area contributed by atoms with Crippen molar-refractivity contribution in [2.75, 3.05) is 5.32 Å². The molecule has 0 aliphatic heterocycles. The molecular weight excluding hydrogens is 447 g/mol. The fourth-order valence-corrected chi connectivity index (χ4v) is 3.18. The molecule has 0 radical (unpaired) electrons. The van der Waals surface area contributed by atoms with Crippen molar-refractivity contribution < 1.29 is 18.5 Å². The Morgan fingerprint density at radius 3 is 2.53 bits per heavy atom. The van der Waals surface area contributed by atoms with E-state index in [-0.39, 0.29) is 18.2 Å². The number of carbonyl (C=O) groups is 1. The average molecular weight is 460 g/mol. The van der Waals surface area contributed by atoms with E-state index >= 15 is 0 Å². The Bertz CT molecular complexity index is 1100. The number of nitrogens with zero attached hydrogens (tertiary/aromatic N) is 6. The molecule has 10 nitrogen and oxygen atoms in total. The molecule has 3 rings (SSSR count). The Labute approximate surface area is 177 Å². The first kappa shape index (κ1) is 21.6. The van der Waals surface area contributed by atoms with Crippen LogP contribution in [0.1, 0.15) is 23.4 Å². The molecule has 14 heteroatoms. The Kier molecular flexibility index (Phi) is 6.27. The van der Waals surface area contributed by atoms with E-state index < -0.39 is 35.2 Å². The summed E-state index contributed by atoms with van der Waals surface area (Å²) in [6, 6.07) is 5.03. The summed E-state index contributed by atoms with van der Waals surface area (Å²) in [4.78, 5) is 26.2. The lowest BCUT2D eigenvalue weighted by atomic mass is 10.2. The van der Waals surface area contributed by atoms with Gasteiger partial charge in [-0.2, -0.15) is 5.10 Å². The summed E-state index contributed by atoms with van der Waals surface area (Å²) in [6.45, 7) is 0.887. The number of carbonyl (C=O) groups excluding carboxylic acids is 1. The summed E-state index contributed by atoms with van der Waals surface area (Å²) in [5.74, 6) is -0.763. The van der Waals surface area contributed by atoms with E-state index in [9.17, 15) is 23.7 Å². The third kappa shape index (κ3) is 4.54. The molecule has 3 aromatic rings. The van der Waals surface area contributed by atoms with Gasteiger partial charge in [0.05, 0.1) is 11.5 Å². The van der Waals surface area contributed by atoms with Crippen molar-refractivity contribution in [1.29, 1.82) is 0 Å². The largest absolute Gasteiger partial charge is 0.319 e. The van der Waals surface area contributed by atoms with Gasteiger partial charge in [0, 0.05) is 15.6 Å². The van der Waals surface area contributed by atoms with Gasteiger partial charge in [-0.3, -0.25) is 24.9 Å². The SMILES string of the molecule is Cc1c([N+](=O)[O-])c(C(F)F)nn1CC(=O)Nc1ncn(Cc2c(Cl)cccc2Cl)n1. The van der Waals surface area contributed by atoms with E-state index in [1.807, 2.05) is 0 Å². The molecule has 0 saturated carbocycles. The molecule has 0 fully saturated rings. The Hall–Kier alpha value is -3.12. The average Bonchev–Trinajstić information content (AvgIpc) is 3.23. The molecule has 0 spiro atoms. The van der Waals surface area contributed by atoms with Crippen LogP contribution >= 0.6 is 23.2 Å². The van der Waals surface area contributed by atoms with Gasteiger partial charge in [-0.15, -0.1) is 5.10 Å². The van der Waals surface area contributed by atoms with Crippen LogP contribution in [0.5, 0.6) is 0 Å². The minimum atomic E-state index is -3.15. The van der Waals surface area contributed by atoms with E-state index in [4.69, 9.17) is 23.2 Å². The maximum atomic E-state index is 13.0. The monoisotopic (exact) mass is 459 g/mol. The minimum Gasteiger partial charge on any atom is -0.292 e. The van der Waals surface area contributed by atoms with Gasteiger partial charge in [0.2, 0.25) is 17.5 Å². The highest BCUT2D eigenvalue weighted by Gasteiger charge is 2.31. The zero-order valence-electron chi connectivity index (χ0n) is 15.2. The van der Waals surface area contributed by atoms with Crippen LogP contribution in [0.15, 0.2) is 24.5 Å². The van der Waals surface area contributed by atoms with E-state index in [0.717, 1.165) is 4.68 Å². The van der Waals surface area contributed by atoms with Crippen LogP contribution in [-0.4, -0.2) is 35.4 Å². The number of rotatable bonds is 7. The second kappa shape index (κ2) is 8.71. The lowest BCUT2D eigenvalue weighted by Gasteiger charge is -2.06. The highest BCUT2D eigenvalue weighted by molar-refractivity contribution is 6.35. The summed E-state index contributed by atoms with van der Waals surface area (Å²) in [7, 11) is 0. The van der Waals surface area contributed by atoms with Crippen molar-refractivity contribution in [2.24, 2.45) is 0 Å². The molecule has 0 saturated heterocycles. The first-order valence-corrected chi connectivity index (χ1v) is 9.05. The third-order valence-electron chi connectivity index (χ3n) is 4.05. The van der Waals surface area contributed by atoms with Gasteiger partial charge in [0.25, 0.3) is 6.43 Å². The quantitative estimate of drug-likeness (QED) is 0.425. The zero-order valence-corrected chi connectivity index (χ0v) is 16.7. The van der Waals surface area contributed by atoms with Gasteiger partial charge in [-0.05, 0) is 19.1 Å². The van der Waals surface area contributed by atoms with Crippen LogP contribution < -0.4 is 5.32 Å². The molecule has 1 N–H and O–H groups in total. The number of aromatic nitrogens is 5. The van der Waals surface area contributed by atoms with Gasteiger partial charge < -0.3 is 0 Å². The van der Waals surface area contributed by atoms with Crippen molar-refractivity contribution in [1.82, 2.24) is 24.5 Å². The molecule has 2 heterocycles. The molecule has 0 atom stereocenters. The number of hydrogen-bond donors (Lipinski definition) is 1. The van der Waals surface area contributed by atoms with E-state index in [0.29, 0.717) is 15.6 Å². The van der Waals surface area contributed by atoms with Gasteiger partial charge >= 0.3 is 5.69 Å². The summed E-state index contributed by atoms with van der Waals surface area (Å²) in [6.07, 6.45) is -1.81. The van der Waals surface area contributed by atoms with Gasteiger partial charge in [-0.25, -0.2) is 18.4 Å². The number of nitrogens with one attached hydrogen (secondary N) is 1. The summed E-state index contributed by atoms with van der Waals surface area (Å²) in [5, 5.41) is 21.8. The van der Waals surface area contributed by atoms with Crippen molar-refractivity contribution in [3.05, 3.63) is 61.6 Å². The standard InChI is InChI=1S/C16H13Cl2F2N7O3/c1-8-14(27(29)30)13(15(19)20)23-26(8)6-12(28)22-16-21-7-25(24-16)5-9-10(17)3-2-4-11(9)18/h2-4,7,15H,5-6H2,1H3,(H,22,24,28). The first-order valence-electron chi connectivity index (χ1n) is 8.29. The number of alkyl halides is 2. The Morgan fingerprint density at radius 1 is 1.30 bits per heavy atom. The fraction of sp³-hybridized carbons (Fsp3) is 0.250. The van der Waals surface area contributed by atoms with Crippen molar-refractivity contribution >= 4 is 40.7 Å². The molecule has 0 bridgehead atoms. The molecule has 0 aliphatic rings. The Balaban J connectivity index is 1.71. The predicted molar refractivity (Wildman–Crippen MR) is 103 cm³/mol. The number of nitro groups is 1. The summed E-state index contributed by atoms with van der Waals surface area (Å²) in [5.41, 5.74) is -1.37. The third-order valence-corrected chi connectivity index (χ3v) is 4.76. The fourth-order valence-electron chi connectivity index (χ4n) is 2.66. The second-order valence-corrected chi connectivity index (χ2v) is 6.86. The maximum absolute atomic E-state index is 13.0. The van der Waals surface area contributed by atoms with Crippen LogP contribution in [0.2, 0.25) is 10.0 Å². The van der Waals surface area contributed by atoms with Crippen molar-refractivity contribution in [3.8, 4) is 0 Å². The van der Waals surface area contributed by atoms with Crippen LogP contribution in [0.25, 0.3) is 0 Å². The number of benzene rings is 1. The molecule has 1 amide bonds. The van der Waals surface area contributed by atoms with Crippen molar-refractivity contribution in [2.45, 2.75) is 26.4 Å². The molecule has 158 valence electrons. The zero-order chi connectivity index (χ0) is 22.0. The van der Waals surface area contributed by atoms with Crippen LogP contribution in [-0.2, 0) is 17.9 Å². The van der Waals surface area contributed by atoms with Crippen LogP contribution in [0, 0.1) is 17.0 Å². The summed E-state index contributed by atoms with van der Waals surface area (Å²) < 4.78 is 28.2. The highest BCUT2D eigenvalue weighted by Crippen LogP contribution is 2.30. The van der Waals surface area contributed by atoms with Crippen molar-refractivity contribution in [3.63, 3.8) is 0 Å². The van der Waals surface area contributed by atoms with E-state index in [1.54, 1.807) is 18.2 Å². The molecule has 30 heavy (non-hydrogen) atoms. The second-order valence-electron chi connectivity index (χ2n) is 6.05. The Morgan fingerprint density at radius 2 is 1.97 bits per heavy atom. The van der Waals surface area contributed by atoms with Gasteiger partial charge in [-0.1, -0.05) is 29.3 Å². The molecule has 2 aromatic heterocycles. The normalized spacial score (nSPS) is 11.1. The highest BCUT2D eigenvalue weighted by atomic mass is 35.5. The topological polar surface area (TPSA) is 121 Å². The lowest BCUT2D eigenvalue weighted by Crippen LogP contribution is -2.21. The number of halogens is 4. The first-order chi connectivity index (χ1) is 14.2. The molecule has 0 aliphatic carbocycles.